The standard InChI is InChI=1S/C25H18Cl2N2O4/c1-33-25(32)22-19(14-28-24(31)17-9-5-6-10-20(17)27)23(30)18-12-11-15(26)13-21(18)29(22)16-7-3-2-4-8-16/h2-13H,14H2,1H3,(H,28,31). The van der Waals surface area contributed by atoms with E-state index >= 15 is 0 Å². The predicted octanol–water partition coefficient (Wildman–Crippen LogP) is 5.01. The van der Waals surface area contributed by atoms with Crippen molar-refractivity contribution in [1.82, 2.24) is 9.88 Å². The summed E-state index contributed by atoms with van der Waals surface area (Å²) in [5.74, 6) is -1.20. The third kappa shape index (κ3) is 4.35. The van der Waals surface area contributed by atoms with Crippen LogP contribution < -0.4 is 10.7 Å². The Morgan fingerprint density at radius 2 is 1.67 bits per heavy atom. The van der Waals surface area contributed by atoms with Gasteiger partial charge in [-0.1, -0.05) is 53.5 Å². The van der Waals surface area contributed by atoms with Crippen molar-refractivity contribution < 1.29 is 14.3 Å². The van der Waals surface area contributed by atoms with Gasteiger partial charge in [0.1, 0.15) is 5.69 Å². The van der Waals surface area contributed by atoms with E-state index in [1.54, 1.807) is 59.2 Å². The van der Waals surface area contributed by atoms with Crippen LogP contribution in [0.3, 0.4) is 0 Å². The van der Waals surface area contributed by atoms with Crippen molar-refractivity contribution in [2.75, 3.05) is 7.11 Å². The molecule has 3 aromatic carbocycles. The lowest BCUT2D eigenvalue weighted by molar-refractivity contribution is 0.0589. The second kappa shape index (κ2) is 9.48. The Balaban J connectivity index is 1.94. The first-order valence-corrected chi connectivity index (χ1v) is 10.7. The molecule has 6 nitrogen and oxygen atoms in total. The van der Waals surface area contributed by atoms with Crippen LogP contribution >= 0.6 is 23.2 Å². The molecule has 33 heavy (non-hydrogen) atoms. The Bertz CT molecular complexity index is 1430. The van der Waals surface area contributed by atoms with Crippen LogP contribution in [0.15, 0.2) is 77.6 Å². The van der Waals surface area contributed by atoms with E-state index in [0.29, 0.717) is 21.6 Å². The van der Waals surface area contributed by atoms with Crippen LogP contribution in [0, 0.1) is 0 Å². The number of aromatic nitrogens is 1. The number of para-hydroxylation sites is 1. The molecular weight excluding hydrogens is 463 g/mol. The fourth-order valence-electron chi connectivity index (χ4n) is 3.64. The molecule has 0 bridgehead atoms. The normalized spacial score (nSPS) is 10.8. The number of nitrogens with zero attached hydrogens (tertiary/aromatic N) is 1. The molecule has 0 spiro atoms. The number of amides is 1. The number of benzene rings is 3. The molecule has 1 aromatic heterocycles. The Morgan fingerprint density at radius 3 is 2.36 bits per heavy atom. The first-order valence-electron chi connectivity index (χ1n) is 9.96. The lowest BCUT2D eigenvalue weighted by atomic mass is 10.1. The molecule has 0 aliphatic rings. The molecule has 4 rings (SSSR count). The summed E-state index contributed by atoms with van der Waals surface area (Å²) in [4.78, 5) is 39.1. The van der Waals surface area contributed by atoms with E-state index in [9.17, 15) is 14.4 Å². The van der Waals surface area contributed by atoms with E-state index in [-0.39, 0.29) is 28.4 Å². The Labute approximate surface area is 199 Å². The van der Waals surface area contributed by atoms with Gasteiger partial charge < -0.3 is 14.6 Å². The maximum atomic E-state index is 13.4. The minimum Gasteiger partial charge on any atom is -0.464 e. The number of halogens is 2. The quantitative estimate of drug-likeness (QED) is 0.407. The van der Waals surface area contributed by atoms with E-state index < -0.39 is 17.3 Å². The van der Waals surface area contributed by atoms with Crippen molar-refractivity contribution in [2.45, 2.75) is 6.54 Å². The zero-order valence-electron chi connectivity index (χ0n) is 17.5. The summed E-state index contributed by atoms with van der Waals surface area (Å²) in [6.45, 7) is -0.210. The minimum absolute atomic E-state index is 0.00271. The van der Waals surface area contributed by atoms with Crippen LogP contribution in [0.25, 0.3) is 16.6 Å². The van der Waals surface area contributed by atoms with Gasteiger partial charge in [0.25, 0.3) is 5.91 Å². The topological polar surface area (TPSA) is 77.4 Å². The summed E-state index contributed by atoms with van der Waals surface area (Å²) in [6, 6.07) is 20.4. The number of esters is 1. The highest BCUT2D eigenvalue weighted by Gasteiger charge is 2.25. The lowest BCUT2D eigenvalue weighted by Crippen LogP contribution is -2.31. The second-order valence-corrected chi connectivity index (χ2v) is 7.99. The van der Waals surface area contributed by atoms with Crippen molar-refractivity contribution in [3.8, 4) is 5.69 Å². The molecular formula is C25H18Cl2N2O4. The van der Waals surface area contributed by atoms with Gasteiger partial charge in [-0.25, -0.2) is 4.79 Å². The fraction of sp³-hybridized carbons (Fsp3) is 0.0800. The Hall–Kier alpha value is -3.61. The molecule has 8 heteroatoms. The molecule has 0 fully saturated rings. The average Bonchev–Trinajstić information content (AvgIpc) is 2.83. The molecule has 1 heterocycles. The Morgan fingerprint density at radius 1 is 0.970 bits per heavy atom. The number of methoxy groups -OCH3 is 1. The van der Waals surface area contributed by atoms with E-state index in [2.05, 4.69) is 5.32 Å². The monoisotopic (exact) mass is 480 g/mol. The number of rotatable bonds is 5. The number of carbonyl (C=O) groups excluding carboxylic acids is 2. The van der Waals surface area contributed by atoms with Gasteiger partial charge in [-0.05, 0) is 42.5 Å². The summed E-state index contributed by atoms with van der Waals surface area (Å²) in [6.07, 6.45) is 0. The van der Waals surface area contributed by atoms with Crippen LogP contribution in [-0.2, 0) is 11.3 Å². The van der Waals surface area contributed by atoms with Crippen LogP contribution in [0.2, 0.25) is 10.0 Å². The third-order valence-electron chi connectivity index (χ3n) is 5.17. The second-order valence-electron chi connectivity index (χ2n) is 7.14. The van der Waals surface area contributed by atoms with Crippen molar-refractivity contribution >= 4 is 46.0 Å². The van der Waals surface area contributed by atoms with Gasteiger partial charge in [0.2, 0.25) is 0 Å². The first-order chi connectivity index (χ1) is 15.9. The molecule has 0 saturated heterocycles. The number of nitrogens with one attached hydrogen (secondary N) is 1. The van der Waals surface area contributed by atoms with E-state index in [4.69, 9.17) is 27.9 Å². The van der Waals surface area contributed by atoms with Crippen LogP contribution in [0.1, 0.15) is 26.4 Å². The number of fused-ring (bicyclic) bond motifs is 1. The van der Waals surface area contributed by atoms with Gasteiger partial charge in [-0.2, -0.15) is 0 Å². The minimum atomic E-state index is -0.722. The Kier molecular flexibility index (Phi) is 6.49. The number of pyridine rings is 1. The number of hydrogen-bond donors (Lipinski definition) is 1. The maximum Gasteiger partial charge on any atom is 0.355 e. The largest absolute Gasteiger partial charge is 0.464 e. The molecule has 0 radical (unpaired) electrons. The highest BCUT2D eigenvalue weighted by Crippen LogP contribution is 2.25. The van der Waals surface area contributed by atoms with Crippen molar-refractivity contribution in [2.24, 2.45) is 0 Å². The molecule has 166 valence electrons. The zero-order valence-corrected chi connectivity index (χ0v) is 19.0. The van der Waals surface area contributed by atoms with Gasteiger partial charge in [0.15, 0.2) is 5.43 Å². The molecule has 1 amide bonds. The summed E-state index contributed by atoms with van der Waals surface area (Å²) < 4.78 is 6.63. The summed E-state index contributed by atoms with van der Waals surface area (Å²) >= 11 is 12.3. The number of hydrogen-bond acceptors (Lipinski definition) is 4. The van der Waals surface area contributed by atoms with Crippen LogP contribution in [0.4, 0.5) is 0 Å². The molecule has 1 N–H and O–H groups in total. The number of carbonyl (C=O) groups is 2. The van der Waals surface area contributed by atoms with E-state index in [1.165, 1.54) is 7.11 Å². The molecule has 0 unspecified atom stereocenters. The van der Waals surface area contributed by atoms with Crippen molar-refractivity contribution in [1.29, 1.82) is 0 Å². The highest BCUT2D eigenvalue weighted by molar-refractivity contribution is 6.33. The van der Waals surface area contributed by atoms with Gasteiger partial charge in [-0.3, -0.25) is 9.59 Å². The third-order valence-corrected chi connectivity index (χ3v) is 5.73. The fourth-order valence-corrected chi connectivity index (χ4v) is 4.02. The number of ether oxygens (including phenoxy) is 1. The highest BCUT2D eigenvalue weighted by atomic mass is 35.5. The molecule has 0 atom stereocenters. The van der Waals surface area contributed by atoms with Crippen molar-refractivity contribution in [3.05, 3.63) is 110 Å². The summed E-state index contributed by atoms with van der Waals surface area (Å²) in [5, 5.41) is 3.73. The lowest BCUT2D eigenvalue weighted by Gasteiger charge is -2.20. The van der Waals surface area contributed by atoms with Gasteiger partial charge in [-0.15, -0.1) is 0 Å². The van der Waals surface area contributed by atoms with E-state index in [0.717, 1.165) is 0 Å². The summed E-state index contributed by atoms with van der Waals surface area (Å²) in [5.41, 5.74) is 1.01. The average molecular weight is 481 g/mol. The maximum absolute atomic E-state index is 13.4. The molecule has 0 saturated carbocycles. The van der Waals surface area contributed by atoms with Crippen molar-refractivity contribution in [3.63, 3.8) is 0 Å². The van der Waals surface area contributed by atoms with Gasteiger partial charge >= 0.3 is 5.97 Å². The van der Waals surface area contributed by atoms with Crippen LogP contribution in [-0.4, -0.2) is 23.6 Å². The SMILES string of the molecule is COC(=O)c1c(CNC(=O)c2ccccc2Cl)c(=O)c2ccc(Cl)cc2n1-c1ccccc1. The zero-order chi connectivity index (χ0) is 23.5. The van der Waals surface area contributed by atoms with Gasteiger partial charge in [0.05, 0.1) is 28.8 Å². The predicted molar refractivity (Wildman–Crippen MR) is 129 cm³/mol. The van der Waals surface area contributed by atoms with Gasteiger partial charge in [0, 0.05) is 22.6 Å². The first kappa shape index (κ1) is 22.6. The van der Waals surface area contributed by atoms with E-state index in [1.807, 2.05) is 18.2 Å². The molecule has 4 aromatic rings. The molecule has 0 aliphatic carbocycles. The molecule has 0 aliphatic heterocycles. The van der Waals surface area contributed by atoms with Crippen LogP contribution in [0.5, 0.6) is 0 Å². The summed E-state index contributed by atoms with van der Waals surface area (Å²) in [7, 11) is 1.23. The smallest absolute Gasteiger partial charge is 0.355 e.